The van der Waals surface area contributed by atoms with Gasteiger partial charge in [0.1, 0.15) is 11.0 Å². The first-order valence-corrected chi connectivity index (χ1v) is 9.98. The van der Waals surface area contributed by atoms with Crippen molar-refractivity contribution in [2.45, 2.75) is 45.3 Å². The van der Waals surface area contributed by atoms with E-state index in [1.165, 1.54) is 30.2 Å². The maximum Gasteiger partial charge on any atom is 0.341 e. The zero-order valence-corrected chi connectivity index (χ0v) is 17.1. The first kappa shape index (κ1) is 20.2. The molecule has 1 atom stereocenters. The number of nitrogens with one attached hydrogen (secondary N) is 1. The van der Waals surface area contributed by atoms with Gasteiger partial charge >= 0.3 is 5.97 Å². The van der Waals surface area contributed by atoms with Gasteiger partial charge in [-0.15, -0.1) is 21.5 Å². The summed E-state index contributed by atoms with van der Waals surface area (Å²) in [6, 6.07) is -0.577. The molecule has 0 radical (unpaired) electrons. The second-order valence-corrected chi connectivity index (χ2v) is 7.99. The van der Waals surface area contributed by atoms with Crippen molar-refractivity contribution < 1.29 is 14.3 Å². The van der Waals surface area contributed by atoms with Crippen molar-refractivity contribution in [1.82, 2.24) is 14.8 Å². The lowest BCUT2D eigenvalue weighted by molar-refractivity contribution is -0.119. The molecule has 0 fully saturated rings. The number of esters is 1. The summed E-state index contributed by atoms with van der Waals surface area (Å²) >= 11 is 2.81. The summed E-state index contributed by atoms with van der Waals surface area (Å²) in [5.41, 5.74) is 7.12. The number of rotatable bonds is 7. The van der Waals surface area contributed by atoms with Crippen LogP contribution in [0.4, 0.5) is 10.9 Å². The van der Waals surface area contributed by atoms with Crippen LogP contribution in [0.25, 0.3) is 0 Å². The number of thiophene rings is 1. The summed E-state index contributed by atoms with van der Waals surface area (Å²) in [5.74, 6) is 0.227. The van der Waals surface area contributed by atoms with Crippen molar-refractivity contribution in [2.75, 3.05) is 23.9 Å². The maximum atomic E-state index is 12.9. The lowest BCUT2D eigenvalue weighted by Crippen LogP contribution is -2.27. The number of aryl methyl sites for hydroxylation is 1. The van der Waals surface area contributed by atoms with Gasteiger partial charge in [0.2, 0.25) is 11.9 Å². The van der Waals surface area contributed by atoms with Gasteiger partial charge in [0.25, 0.3) is 0 Å². The number of nitrogens with two attached hydrogens (primary N) is 1. The van der Waals surface area contributed by atoms with Gasteiger partial charge in [0, 0.05) is 4.88 Å². The summed E-state index contributed by atoms with van der Waals surface area (Å²) in [6.45, 7) is 7.60. The molecule has 2 rings (SSSR count). The first-order valence-electron chi connectivity index (χ1n) is 8.17. The minimum absolute atomic E-state index is 0.190. The van der Waals surface area contributed by atoms with Crippen LogP contribution in [0.15, 0.2) is 5.16 Å². The van der Waals surface area contributed by atoms with Crippen molar-refractivity contribution in [3.63, 3.8) is 0 Å². The molecule has 0 aromatic carbocycles. The van der Waals surface area contributed by atoms with Crippen molar-refractivity contribution in [3.05, 3.63) is 16.0 Å². The lowest BCUT2D eigenvalue weighted by Gasteiger charge is -2.18. The number of carbonyl (C=O) groups is 2. The van der Waals surface area contributed by atoms with Crippen molar-refractivity contribution >= 4 is 45.9 Å². The summed E-state index contributed by atoms with van der Waals surface area (Å²) in [5, 5.41) is 11.9. The topological polar surface area (TPSA) is 112 Å². The van der Waals surface area contributed by atoms with Crippen LogP contribution < -0.4 is 11.1 Å². The largest absolute Gasteiger partial charge is 0.465 e. The number of ether oxygens (including phenoxy) is 1. The van der Waals surface area contributed by atoms with Crippen LogP contribution in [0, 0.1) is 13.8 Å². The third-order valence-corrected chi connectivity index (χ3v) is 5.92. The van der Waals surface area contributed by atoms with E-state index in [2.05, 4.69) is 15.5 Å². The van der Waals surface area contributed by atoms with Gasteiger partial charge in [-0.25, -0.2) is 4.79 Å². The highest BCUT2D eigenvalue weighted by atomic mass is 32.2. The average Bonchev–Trinajstić information content (AvgIpc) is 3.09. The Morgan fingerprint density at radius 1 is 1.35 bits per heavy atom. The smallest absolute Gasteiger partial charge is 0.341 e. The van der Waals surface area contributed by atoms with E-state index in [9.17, 15) is 9.59 Å². The standard InChI is InChI=1S/C16H23N5O3S2/c1-6-10(21-15(17)19-20-16(21)25-7-2)12(22)18-13-11(14(23)24-5)8(3)9(4)26-13/h10H,6-7H2,1-5H3,(H2,17,19)(H,18,22). The summed E-state index contributed by atoms with van der Waals surface area (Å²) in [4.78, 5) is 26.0. The zero-order chi connectivity index (χ0) is 19.4. The number of thioether (sulfide) groups is 1. The predicted molar refractivity (Wildman–Crippen MR) is 104 cm³/mol. The third-order valence-electron chi connectivity index (χ3n) is 3.98. The lowest BCUT2D eigenvalue weighted by atomic mass is 10.1. The number of nitrogens with zero attached hydrogens (tertiary/aromatic N) is 3. The number of aromatic nitrogens is 3. The summed E-state index contributed by atoms with van der Waals surface area (Å²) in [7, 11) is 1.32. The van der Waals surface area contributed by atoms with E-state index < -0.39 is 12.0 Å². The Kier molecular flexibility index (Phi) is 6.65. The van der Waals surface area contributed by atoms with Gasteiger partial charge in [0.05, 0.1) is 12.7 Å². The van der Waals surface area contributed by atoms with Crippen LogP contribution in [-0.4, -0.2) is 39.5 Å². The minimum atomic E-state index is -0.577. The Labute approximate surface area is 160 Å². The molecule has 10 heteroatoms. The number of methoxy groups -OCH3 is 1. The van der Waals surface area contributed by atoms with Gasteiger partial charge in [0.15, 0.2) is 5.16 Å². The van der Waals surface area contributed by atoms with E-state index in [0.717, 1.165) is 16.2 Å². The van der Waals surface area contributed by atoms with Gasteiger partial charge in [-0.05, 0) is 31.6 Å². The zero-order valence-electron chi connectivity index (χ0n) is 15.5. The Hall–Kier alpha value is -2.07. The average molecular weight is 398 g/mol. The van der Waals surface area contributed by atoms with Crippen molar-refractivity contribution in [3.8, 4) is 0 Å². The molecule has 0 aliphatic heterocycles. The molecule has 2 aromatic heterocycles. The normalized spacial score (nSPS) is 12.0. The van der Waals surface area contributed by atoms with Crippen LogP contribution in [0.2, 0.25) is 0 Å². The molecular weight excluding hydrogens is 374 g/mol. The van der Waals surface area contributed by atoms with Gasteiger partial charge in [-0.2, -0.15) is 0 Å². The van der Waals surface area contributed by atoms with Crippen LogP contribution in [0.5, 0.6) is 0 Å². The molecule has 0 saturated heterocycles. The molecule has 1 unspecified atom stereocenters. The SMILES string of the molecule is CCSc1nnc(N)n1C(CC)C(=O)Nc1sc(C)c(C)c1C(=O)OC. The number of hydrogen-bond acceptors (Lipinski definition) is 8. The number of nitrogen functional groups attached to an aromatic ring is 1. The highest BCUT2D eigenvalue weighted by Gasteiger charge is 2.28. The second kappa shape index (κ2) is 8.54. The van der Waals surface area contributed by atoms with E-state index in [1.54, 1.807) is 4.57 Å². The molecular formula is C16H23N5O3S2. The Morgan fingerprint density at radius 2 is 2.04 bits per heavy atom. The minimum Gasteiger partial charge on any atom is -0.465 e. The van der Waals surface area contributed by atoms with E-state index in [1.807, 2.05) is 27.7 Å². The Balaban J connectivity index is 2.36. The van der Waals surface area contributed by atoms with E-state index in [0.29, 0.717) is 22.1 Å². The van der Waals surface area contributed by atoms with Crippen LogP contribution in [0.1, 0.15) is 47.1 Å². The van der Waals surface area contributed by atoms with Crippen LogP contribution >= 0.6 is 23.1 Å². The molecule has 3 N–H and O–H groups in total. The van der Waals surface area contributed by atoms with E-state index in [-0.39, 0.29) is 11.9 Å². The third kappa shape index (κ3) is 3.85. The molecule has 0 aliphatic rings. The molecule has 0 spiro atoms. The fourth-order valence-corrected chi connectivity index (χ4v) is 4.32. The molecule has 2 heterocycles. The fourth-order valence-electron chi connectivity index (χ4n) is 2.55. The maximum absolute atomic E-state index is 12.9. The predicted octanol–water partition coefficient (Wildman–Crippen LogP) is 3.03. The first-order chi connectivity index (χ1) is 12.3. The fraction of sp³-hybridized carbons (Fsp3) is 0.500. The highest BCUT2D eigenvalue weighted by molar-refractivity contribution is 7.99. The van der Waals surface area contributed by atoms with Crippen LogP contribution in [0.3, 0.4) is 0 Å². The van der Waals surface area contributed by atoms with Gasteiger partial charge in [-0.3, -0.25) is 9.36 Å². The molecule has 142 valence electrons. The molecule has 0 aliphatic carbocycles. The van der Waals surface area contributed by atoms with Gasteiger partial charge in [-0.1, -0.05) is 25.6 Å². The van der Waals surface area contributed by atoms with Crippen molar-refractivity contribution in [1.29, 1.82) is 0 Å². The quantitative estimate of drug-likeness (QED) is 0.545. The van der Waals surface area contributed by atoms with Crippen molar-refractivity contribution in [2.24, 2.45) is 0 Å². The molecule has 0 saturated carbocycles. The number of amides is 1. The molecule has 1 amide bonds. The number of anilines is 2. The molecule has 8 nitrogen and oxygen atoms in total. The summed E-state index contributed by atoms with van der Waals surface area (Å²) in [6.07, 6.45) is 0.502. The Morgan fingerprint density at radius 3 is 2.62 bits per heavy atom. The monoisotopic (exact) mass is 397 g/mol. The Bertz CT molecular complexity index is 815. The van der Waals surface area contributed by atoms with Crippen LogP contribution in [-0.2, 0) is 9.53 Å². The molecule has 0 bridgehead atoms. The van der Waals surface area contributed by atoms with Gasteiger partial charge < -0.3 is 15.8 Å². The number of hydrogen-bond donors (Lipinski definition) is 2. The molecule has 2 aromatic rings. The number of carbonyl (C=O) groups excluding carboxylic acids is 2. The summed E-state index contributed by atoms with van der Waals surface area (Å²) < 4.78 is 6.48. The molecule has 26 heavy (non-hydrogen) atoms. The van der Waals surface area contributed by atoms with E-state index >= 15 is 0 Å². The second-order valence-electron chi connectivity index (χ2n) is 5.54. The highest BCUT2D eigenvalue weighted by Crippen LogP contribution is 2.34. The van der Waals surface area contributed by atoms with E-state index in [4.69, 9.17) is 10.5 Å².